The Balaban J connectivity index is 1.61. The Bertz CT molecular complexity index is 1400. The number of nitro groups is 1. The molecule has 9 nitrogen and oxygen atoms in total. The number of hydrogen-bond donors (Lipinski definition) is 1. The summed E-state index contributed by atoms with van der Waals surface area (Å²) in [7, 11) is 0. The third-order valence-corrected chi connectivity index (χ3v) is 5.30. The second kappa shape index (κ2) is 9.52. The molecule has 0 saturated heterocycles. The van der Waals surface area contributed by atoms with Crippen LogP contribution in [0.4, 0.5) is 10.1 Å². The quantitative estimate of drug-likeness (QED) is 0.241. The highest BCUT2D eigenvalue weighted by atomic mass is 19.1. The lowest BCUT2D eigenvalue weighted by Crippen LogP contribution is -2.29. The second-order valence-electron chi connectivity index (χ2n) is 7.59. The van der Waals surface area contributed by atoms with Gasteiger partial charge in [0, 0.05) is 23.8 Å². The molecule has 0 bridgehead atoms. The second-order valence-corrected chi connectivity index (χ2v) is 7.59. The van der Waals surface area contributed by atoms with E-state index >= 15 is 0 Å². The molecule has 0 saturated carbocycles. The molecule has 0 radical (unpaired) electrons. The first-order chi connectivity index (χ1) is 16.8. The van der Waals surface area contributed by atoms with Gasteiger partial charge in [-0.1, -0.05) is 30.3 Å². The van der Waals surface area contributed by atoms with Gasteiger partial charge in [-0.2, -0.15) is 5.26 Å². The zero-order chi connectivity index (χ0) is 25.1. The first-order valence-corrected chi connectivity index (χ1v) is 10.4. The molecular formula is C25H18FN3O6. The molecule has 2 atom stereocenters. The van der Waals surface area contributed by atoms with Crippen molar-refractivity contribution in [3.8, 4) is 23.3 Å². The topological polar surface area (TPSA) is 138 Å². The minimum Gasteiger partial charge on any atom is -0.476 e. The van der Waals surface area contributed by atoms with E-state index in [2.05, 4.69) is 0 Å². The zero-order valence-electron chi connectivity index (χ0n) is 18.3. The smallest absolute Gasteiger partial charge is 0.352 e. The van der Waals surface area contributed by atoms with Gasteiger partial charge in [0.15, 0.2) is 17.7 Å². The Hall–Kier alpha value is -4.91. The fourth-order valence-corrected chi connectivity index (χ4v) is 3.64. The van der Waals surface area contributed by atoms with Gasteiger partial charge in [-0.05, 0) is 30.7 Å². The molecule has 3 aromatic rings. The summed E-state index contributed by atoms with van der Waals surface area (Å²) < 4.78 is 30.1. The predicted octanol–water partition coefficient (Wildman–Crippen LogP) is 4.32. The van der Waals surface area contributed by atoms with E-state index in [1.54, 1.807) is 18.2 Å². The summed E-state index contributed by atoms with van der Waals surface area (Å²) in [4.78, 5) is 23.2. The largest absolute Gasteiger partial charge is 0.476 e. The Morgan fingerprint density at radius 1 is 1.20 bits per heavy atom. The number of nitrogens with zero attached hydrogens (tertiary/aromatic N) is 2. The maximum absolute atomic E-state index is 13.8. The number of hydrogen-bond acceptors (Lipinski definition) is 8. The van der Waals surface area contributed by atoms with Crippen molar-refractivity contribution in [3.63, 3.8) is 0 Å². The molecule has 35 heavy (non-hydrogen) atoms. The van der Waals surface area contributed by atoms with Crippen molar-refractivity contribution in [1.29, 1.82) is 5.26 Å². The molecular weight excluding hydrogens is 457 g/mol. The summed E-state index contributed by atoms with van der Waals surface area (Å²) >= 11 is 0. The van der Waals surface area contributed by atoms with Gasteiger partial charge in [-0.3, -0.25) is 10.1 Å². The number of halogens is 1. The van der Waals surface area contributed by atoms with E-state index < -0.39 is 28.7 Å². The van der Waals surface area contributed by atoms with Crippen LogP contribution in [0.25, 0.3) is 0 Å². The molecule has 3 aromatic carbocycles. The highest BCUT2D eigenvalue weighted by Crippen LogP contribution is 2.44. The SMILES string of the molecule is CC(Oc1ccccc1F)C(=O)Oc1ccc2c(c1)OC(N)=C(C#N)C2c1cccc([N+](=O)[O-])c1. The summed E-state index contributed by atoms with van der Waals surface area (Å²) in [5.41, 5.74) is 6.90. The lowest BCUT2D eigenvalue weighted by atomic mass is 9.83. The maximum atomic E-state index is 13.8. The van der Waals surface area contributed by atoms with Gasteiger partial charge in [0.1, 0.15) is 23.1 Å². The maximum Gasteiger partial charge on any atom is 0.352 e. The molecule has 2 N–H and O–H groups in total. The van der Waals surface area contributed by atoms with Crippen molar-refractivity contribution in [2.24, 2.45) is 5.73 Å². The standard InChI is InChI=1S/C25H18FN3O6/c1-14(33-21-8-3-2-7-20(21)26)25(30)34-17-9-10-18-22(12-17)35-24(28)19(13-27)23(18)15-5-4-6-16(11-15)29(31)32/h2-12,14,23H,28H2,1H3. The van der Waals surface area contributed by atoms with Crippen LogP contribution in [0.1, 0.15) is 24.0 Å². The van der Waals surface area contributed by atoms with Crippen LogP contribution in [0.2, 0.25) is 0 Å². The Morgan fingerprint density at radius 3 is 2.69 bits per heavy atom. The predicted molar refractivity (Wildman–Crippen MR) is 121 cm³/mol. The lowest BCUT2D eigenvalue weighted by Gasteiger charge is -2.26. The van der Waals surface area contributed by atoms with Gasteiger partial charge in [0.05, 0.1) is 10.8 Å². The molecule has 0 aromatic heterocycles. The van der Waals surface area contributed by atoms with Crippen LogP contribution in [-0.2, 0) is 4.79 Å². The number of nitrogens with two attached hydrogens (primary N) is 1. The van der Waals surface area contributed by atoms with Gasteiger partial charge in [0.2, 0.25) is 5.88 Å². The van der Waals surface area contributed by atoms with E-state index in [9.17, 15) is 24.6 Å². The molecule has 0 amide bonds. The van der Waals surface area contributed by atoms with Crippen LogP contribution < -0.4 is 19.9 Å². The molecule has 0 fully saturated rings. The average molecular weight is 475 g/mol. The van der Waals surface area contributed by atoms with Crippen LogP contribution in [0.5, 0.6) is 17.2 Å². The molecule has 176 valence electrons. The molecule has 1 heterocycles. The Labute approximate surface area is 198 Å². The van der Waals surface area contributed by atoms with Gasteiger partial charge in [-0.25, -0.2) is 9.18 Å². The highest BCUT2D eigenvalue weighted by Gasteiger charge is 2.32. The fraction of sp³-hybridized carbons (Fsp3) is 0.120. The first-order valence-electron chi connectivity index (χ1n) is 10.4. The van der Waals surface area contributed by atoms with Crippen molar-refractivity contribution in [1.82, 2.24) is 0 Å². The number of esters is 1. The molecule has 0 spiro atoms. The Kier molecular flexibility index (Phi) is 6.33. The Morgan fingerprint density at radius 2 is 1.97 bits per heavy atom. The molecule has 1 aliphatic rings. The summed E-state index contributed by atoms with van der Waals surface area (Å²) in [6, 6.07) is 18.0. The number of para-hydroxylation sites is 1. The third-order valence-electron chi connectivity index (χ3n) is 5.30. The van der Waals surface area contributed by atoms with Gasteiger partial charge in [-0.15, -0.1) is 0 Å². The third kappa shape index (κ3) is 4.74. The van der Waals surface area contributed by atoms with Gasteiger partial charge < -0.3 is 19.9 Å². The van der Waals surface area contributed by atoms with Crippen molar-refractivity contribution in [2.75, 3.05) is 0 Å². The van der Waals surface area contributed by atoms with Crippen LogP contribution in [0, 0.1) is 27.3 Å². The minimum absolute atomic E-state index is 0.0903. The van der Waals surface area contributed by atoms with E-state index in [1.807, 2.05) is 6.07 Å². The van der Waals surface area contributed by atoms with Crippen LogP contribution >= 0.6 is 0 Å². The number of nitriles is 1. The van der Waals surface area contributed by atoms with Gasteiger partial charge in [0.25, 0.3) is 5.69 Å². The number of nitro benzene ring substituents is 1. The van der Waals surface area contributed by atoms with Crippen LogP contribution in [-0.4, -0.2) is 17.0 Å². The fourth-order valence-electron chi connectivity index (χ4n) is 3.64. The minimum atomic E-state index is -1.11. The number of allylic oxidation sites excluding steroid dienone is 1. The number of benzene rings is 3. The number of carbonyl (C=O) groups excluding carboxylic acids is 1. The number of ether oxygens (including phenoxy) is 3. The molecule has 4 rings (SSSR count). The van der Waals surface area contributed by atoms with Crippen LogP contribution in [0.15, 0.2) is 78.2 Å². The number of carbonyl (C=O) groups is 1. The first kappa shape index (κ1) is 23.3. The van der Waals surface area contributed by atoms with Crippen molar-refractivity contribution in [2.45, 2.75) is 18.9 Å². The molecule has 1 aliphatic heterocycles. The van der Waals surface area contributed by atoms with E-state index in [4.69, 9.17) is 19.9 Å². The van der Waals surface area contributed by atoms with E-state index in [1.165, 1.54) is 55.5 Å². The summed E-state index contributed by atoms with van der Waals surface area (Å²) in [5, 5.41) is 20.9. The summed E-state index contributed by atoms with van der Waals surface area (Å²) in [5.74, 6) is -2.06. The van der Waals surface area contributed by atoms with Gasteiger partial charge >= 0.3 is 5.97 Å². The van der Waals surface area contributed by atoms with Crippen molar-refractivity contribution >= 4 is 11.7 Å². The monoisotopic (exact) mass is 475 g/mol. The number of fused-ring (bicyclic) bond motifs is 1. The summed E-state index contributed by atoms with van der Waals surface area (Å²) in [6.45, 7) is 1.42. The molecule has 0 aliphatic carbocycles. The average Bonchev–Trinajstić information content (AvgIpc) is 2.84. The van der Waals surface area contributed by atoms with E-state index in [0.717, 1.165) is 0 Å². The molecule has 10 heteroatoms. The van der Waals surface area contributed by atoms with Crippen LogP contribution in [0.3, 0.4) is 0 Å². The number of rotatable bonds is 6. The van der Waals surface area contributed by atoms with Crippen molar-refractivity contribution in [3.05, 3.63) is 105 Å². The summed E-state index contributed by atoms with van der Waals surface area (Å²) in [6.07, 6.45) is -1.11. The highest BCUT2D eigenvalue weighted by molar-refractivity contribution is 5.77. The normalized spacial score (nSPS) is 15.3. The van der Waals surface area contributed by atoms with Crippen molar-refractivity contribution < 1.29 is 28.3 Å². The molecule has 2 unspecified atom stereocenters. The lowest BCUT2D eigenvalue weighted by molar-refractivity contribution is -0.384. The zero-order valence-corrected chi connectivity index (χ0v) is 18.3. The number of non-ortho nitro benzene ring substituents is 1. The van der Waals surface area contributed by atoms with E-state index in [0.29, 0.717) is 11.1 Å². The van der Waals surface area contributed by atoms with E-state index in [-0.39, 0.29) is 34.4 Å².